The highest BCUT2D eigenvalue weighted by Gasteiger charge is 2.49. The minimum absolute atomic E-state index is 0.000464. The van der Waals surface area contributed by atoms with E-state index in [-0.39, 0.29) is 117 Å². The van der Waals surface area contributed by atoms with Crippen LogP contribution in [-0.4, -0.2) is 125 Å². The van der Waals surface area contributed by atoms with Gasteiger partial charge in [0.15, 0.2) is 0 Å². The molecule has 0 unspecified atom stereocenters. The van der Waals surface area contributed by atoms with Crippen molar-refractivity contribution < 1.29 is 57.4 Å². The Morgan fingerprint density at radius 1 is 0.391 bits per heavy atom. The third kappa shape index (κ3) is 24.4. The molecule has 3 aliphatic rings. The van der Waals surface area contributed by atoms with Crippen LogP contribution < -0.4 is 47.9 Å². The van der Waals surface area contributed by atoms with Gasteiger partial charge in [0.25, 0.3) is 0 Å². The molecule has 87 heavy (non-hydrogen) atoms. The molecule has 0 spiro atoms. The van der Waals surface area contributed by atoms with E-state index in [1.54, 1.807) is 20.8 Å². The standard InChI is InChI=1S/C66H117N9O12/c1-38(2)29-47(70-60(83)65(27-21-24-45(14)36-65)74-57(80)51(33-42(9)10)69-55(78)49(31-40(5)6)72-62(85)87-63(16,17)18)53(76)67-50(32-41(7)8)56(79)73-64(26-20-23-44(13)35-64)59(82)71-48(30-39(3)4)54(77)68-52(34-43(11)12)58(81)75-66(61(84)86-19)28-22-25-46(15)37-66/h38-52H,20-37H2,1-19H3,(H,67,76)(H,68,77)(H,69,78)(H,70,83)(H,71,82)(H,72,85)(H,73,79)(H,74,80)(H,75,81)/t44-,45-,46-,47+,48+,49+,50+,51+,52+,64+,65+,66+/m1/s1. The third-order valence-electron chi connectivity index (χ3n) is 16.9. The van der Waals surface area contributed by atoms with Crippen LogP contribution in [0.5, 0.6) is 0 Å². The first-order chi connectivity index (χ1) is 40.3. The molecule has 3 fully saturated rings. The van der Waals surface area contributed by atoms with Gasteiger partial charge in [-0.05, 0) is 151 Å². The van der Waals surface area contributed by atoms with Crippen LogP contribution in [0.3, 0.4) is 0 Å². The topological polar surface area (TPSA) is 297 Å². The summed E-state index contributed by atoms with van der Waals surface area (Å²) in [4.78, 5) is 144. The number of carbonyl (C=O) groups excluding carboxylic acids is 10. The van der Waals surface area contributed by atoms with Gasteiger partial charge >= 0.3 is 12.1 Å². The molecule has 3 aliphatic carbocycles. The van der Waals surface area contributed by atoms with Gasteiger partial charge in [0.05, 0.1) is 7.11 Å². The Bertz CT molecular complexity index is 2340. The SMILES string of the molecule is COC(=O)[C@]1(NC(=O)[C@H](CC(C)C)NC(=O)[C@H](CC(C)C)NC(=O)[C@]2(NC(=O)[C@H](CC(C)C)NC(=O)[C@H](CC(C)C)NC(=O)[C@]3(NC(=O)[C@H](CC(C)C)NC(=O)[C@H](CC(C)C)NC(=O)OC(C)(C)C)CCC[C@@H](C)C3)CCC[C@@H](C)C2)CCC[C@@H](C)C1. The molecule has 12 atom stereocenters. The molecule has 21 heteroatoms. The summed E-state index contributed by atoms with van der Waals surface area (Å²) in [5.41, 5.74) is -5.03. The minimum Gasteiger partial charge on any atom is -0.467 e. The van der Waals surface area contributed by atoms with E-state index in [0.717, 1.165) is 19.3 Å². The third-order valence-corrected chi connectivity index (χ3v) is 16.9. The van der Waals surface area contributed by atoms with Crippen molar-refractivity contribution in [3.05, 3.63) is 0 Å². The number of alkyl carbamates (subject to hydrolysis) is 1. The van der Waals surface area contributed by atoms with E-state index < -0.39 is 118 Å². The van der Waals surface area contributed by atoms with Crippen molar-refractivity contribution in [2.24, 2.45) is 53.3 Å². The average molecular weight is 1230 g/mol. The van der Waals surface area contributed by atoms with E-state index in [1.165, 1.54) is 7.11 Å². The molecule has 0 aliphatic heterocycles. The zero-order valence-corrected chi connectivity index (χ0v) is 56.8. The molecule has 0 aromatic carbocycles. The van der Waals surface area contributed by atoms with Gasteiger partial charge in [0.2, 0.25) is 47.3 Å². The van der Waals surface area contributed by atoms with E-state index in [2.05, 4.69) is 47.9 Å². The summed E-state index contributed by atoms with van der Waals surface area (Å²) in [6.45, 7) is 34.2. The van der Waals surface area contributed by atoms with Crippen LogP contribution in [0.25, 0.3) is 0 Å². The quantitative estimate of drug-likeness (QED) is 0.0310. The fourth-order valence-corrected chi connectivity index (χ4v) is 13.0. The Labute approximate surface area is 521 Å². The van der Waals surface area contributed by atoms with Gasteiger partial charge in [0.1, 0.15) is 58.5 Å². The first-order valence-electron chi connectivity index (χ1n) is 32.9. The Morgan fingerprint density at radius 2 is 0.644 bits per heavy atom. The minimum atomic E-state index is -1.49. The van der Waals surface area contributed by atoms with Crippen LogP contribution in [0.2, 0.25) is 0 Å². The molecule has 3 rings (SSSR count). The molecule has 21 nitrogen and oxygen atoms in total. The number of hydrogen-bond acceptors (Lipinski definition) is 12. The van der Waals surface area contributed by atoms with Crippen molar-refractivity contribution >= 4 is 59.3 Å². The van der Waals surface area contributed by atoms with Crippen molar-refractivity contribution in [1.29, 1.82) is 0 Å². The normalized spacial score (nSPS) is 24.6. The Morgan fingerprint density at radius 3 is 0.908 bits per heavy atom. The number of methoxy groups -OCH3 is 1. The highest BCUT2D eigenvalue weighted by Crippen LogP contribution is 2.36. The number of amides is 9. The smallest absolute Gasteiger partial charge is 0.408 e. The largest absolute Gasteiger partial charge is 0.467 e. The predicted molar refractivity (Wildman–Crippen MR) is 337 cm³/mol. The Balaban J connectivity index is 1.96. The van der Waals surface area contributed by atoms with E-state index in [0.29, 0.717) is 32.1 Å². The lowest BCUT2D eigenvalue weighted by atomic mass is 9.75. The van der Waals surface area contributed by atoms with Crippen molar-refractivity contribution in [2.75, 3.05) is 7.11 Å². The lowest BCUT2D eigenvalue weighted by Gasteiger charge is -2.42. The van der Waals surface area contributed by atoms with Crippen molar-refractivity contribution in [2.45, 2.75) is 299 Å². The molecule has 0 bridgehead atoms. The second-order valence-corrected chi connectivity index (χ2v) is 30.0. The Kier molecular flexibility index (Phi) is 29.5. The van der Waals surface area contributed by atoms with Crippen molar-refractivity contribution in [3.8, 4) is 0 Å². The van der Waals surface area contributed by atoms with E-state index in [1.807, 2.05) is 104 Å². The summed E-state index contributed by atoms with van der Waals surface area (Å²) in [5.74, 6) is -5.44. The van der Waals surface area contributed by atoms with Gasteiger partial charge in [-0.3, -0.25) is 38.4 Å². The number of esters is 1. The van der Waals surface area contributed by atoms with Crippen LogP contribution >= 0.6 is 0 Å². The molecule has 0 radical (unpaired) electrons. The summed E-state index contributed by atoms with van der Waals surface area (Å²) in [5, 5.41) is 26.7. The molecule has 9 N–H and O–H groups in total. The van der Waals surface area contributed by atoms with Crippen LogP contribution in [0.15, 0.2) is 0 Å². The average Bonchev–Trinajstić information content (AvgIpc) is 1.03. The van der Waals surface area contributed by atoms with Gasteiger partial charge < -0.3 is 57.3 Å². The van der Waals surface area contributed by atoms with E-state index >= 15 is 9.59 Å². The zero-order chi connectivity index (χ0) is 65.9. The maximum Gasteiger partial charge on any atom is 0.408 e. The van der Waals surface area contributed by atoms with Gasteiger partial charge in [-0.25, -0.2) is 9.59 Å². The fraction of sp³-hybridized carbons (Fsp3) is 0.848. The number of hydrogen-bond donors (Lipinski definition) is 9. The molecule has 0 heterocycles. The van der Waals surface area contributed by atoms with Gasteiger partial charge in [-0.2, -0.15) is 0 Å². The molecule has 0 saturated heterocycles. The summed E-state index contributed by atoms with van der Waals surface area (Å²) in [6.07, 6.45) is 6.73. The fourth-order valence-electron chi connectivity index (χ4n) is 13.0. The molecule has 3 saturated carbocycles. The number of rotatable bonds is 30. The summed E-state index contributed by atoms with van der Waals surface area (Å²) in [6, 6.07) is -6.58. The highest BCUT2D eigenvalue weighted by molar-refractivity contribution is 6.00. The molecular weight excluding hydrogens is 1110 g/mol. The lowest BCUT2D eigenvalue weighted by molar-refractivity contribution is -0.154. The molecule has 9 amide bonds. The Hall–Kier alpha value is -5.50. The monoisotopic (exact) mass is 1230 g/mol. The maximum atomic E-state index is 15.1. The second kappa shape index (κ2) is 33.9. The van der Waals surface area contributed by atoms with Crippen LogP contribution in [0.1, 0.15) is 240 Å². The summed E-state index contributed by atoms with van der Waals surface area (Å²) >= 11 is 0. The maximum absolute atomic E-state index is 15.1. The van der Waals surface area contributed by atoms with Crippen molar-refractivity contribution in [3.63, 3.8) is 0 Å². The van der Waals surface area contributed by atoms with Crippen LogP contribution in [0.4, 0.5) is 4.79 Å². The first-order valence-corrected chi connectivity index (χ1v) is 32.9. The number of nitrogens with one attached hydrogen (secondary N) is 9. The van der Waals surface area contributed by atoms with E-state index in [9.17, 15) is 38.4 Å². The lowest BCUT2D eigenvalue weighted by Crippen LogP contribution is -2.67. The predicted octanol–water partition coefficient (Wildman–Crippen LogP) is 7.95. The molecule has 498 valence electrons. The molecule has 0 aromatic rings. The van der Waals surface area contributed by atoms with Gasteiger partial charge in [-0.1, -0.05) is 142 Å². The molecule has 0 aromatic heterocycles. The van der Waals surface area contributed by atoms with Crippen LogP contribution in [-0.2, 0) is 52.6 Å². The van der Waals surface area contributed by atoms with E-state index in [4.69, 9.17) is 9.47 Å². The zero-order valence-electron chi connectivity index (χ0n) is 56.8. The second-order valence-electron chi connectivity index (χ2n) is 30.0. The first kappa shape index (κ1) is 75.7. The number of carbonyl (C=O) groups is 10. The van der Waals surface area contributed by atoms with Gasteiger partial charge in [-0.15, -0.1) is 0 Å². The van der Waals surface area contributed by atoms with Crippen molar-refractivity contribution in [1.82, 2.24) is 47.9 Å². The highest BCUT2D eigenvalue weighted by atomic mass is 16.6. The van der Waals surface area contributed by atoms with Gasteiger partial charge in [0, 0.05) is 0 Å². The van der Waals surface area contributed by atoms with Crippen LogP contribution in [0, 0.1) is 53.3 Å². The number of ether oxygens (including phenoxy) is 2. The summed E-state index contributed by atoms with van der Waals surface area (Å²) in [7, 11) is 1.30. The summed E-state index contributed by atoms with van der Waals surface area (Å²) < 4.78 is 10.7. The molecular formula is C66H117N9O12.